The first-order valence-electron chi connectivity index (χ1n) is 8.09. The number of imide groups is 1. The van der Waals surface area contributed by atoms with Crippen LogP contribution < -0.4 is 14.8 Å². The summed E-state index contributed by atoms with van der Waals surface area (Å²) >= 11 is 1.10. The Kier molecular flexibility index (Phi) is 4.41. The van der Waals surface area contributed by atoms with Gasteiger partial charge in [-0.1, -0.05) is 23.9 Å². The number of thioether (sulfide) groups is 1. The van der Waals surface area contributed by atoms with E-state index in [1.807, 2.05) is 18.2 Å². The Morgan fingerprint density at radius 3 is 2.92 bits per heavy atom. The summed E-state index contributed by atoms with van der Waals surface area (Å²) in [6.07, 6.45) is -0.512. The average molecular weight is 376 g/mol. The van der Waals surface area contributed by atoms with Crippen LogP contribution in [0.3, 0.4) is 0 Å². The van der Waals surface area contributed by atoms with Crippen molar-refractivity contribution in [2.45, 2.75) is 23.5 Å². The van der Waals surface area contributed by atoms with E-state index in [9.17, 15) is 9.59 Å². The molecule has 3 amide bonds. The highest BCUT2D eigenvalue weighted by atomic mass is 32.2. The number of amides is 3. The van der Waals surface area contributed by atoms with Crippen molar-refractivity contribution in [3.8, 4) is 11.5 Å². The van der Waals surface area contributed by atoms with Gasteiger partial charge < -0.3 is 19.2 Å². The van der Waals surface area contributed by atoms with Crippen molar-refractivity contribution >= 4 is 23.7 Å². The molecule has 26 heavy (non-hydrogen) atoms. The molecule has 0 saturated carbocycles. The van der Waals surface area contributed by atoms with E-state index in [4.69, 9.17) is 13.9 Å². The van der Waals surface area contributed by atoms with E-state index < -0.39 is 11.4 Å². The van der Waals surface area contributed by atoms with E-state index >= 15 is 0 Å². The summed E-state index contributed by atoms with van der Waals surface area (Å²) < 4.78 is 17.1. The predicted octanol–water partition coefficient (Wildman–Crippen LogP) is 1.61. The minimum absolute atomic E-state index is 0.239. The van der Waals surface area contributed by atoms with E-state index in [2.05, 4.69) is 15.5 Å². The van der Waals surface area contributed by atoms with Gasteiger partial charge in [0.25, 0.3) is 11.1 Å². The highest BCUT2D eigenvalue weighted by Crippen LogP contribution is 2.36. The molecular weight excluding hydrogens is 360 g/mol. The summed E-state index contributed by atoms with van der Waals surface area (Å²) in [5, 5.41) is 10.3. The molecule has 4 rings (SSSR count). The Hall–Kier alpha value is -2.75. The third kappa shape index (κ3) is 3.19. The maximum absolute atomic E-state index is 12.3. The summed E-state index contributed by atoms with van der Waals surface area (Å²) in [5.74, 6) is 1.26. The lowest BCUT2D eigenvalue weighted by Crippen LogP contribution is -2.38. The number of aromatic nitrogens is 2. The SMILES string of the molecule is CC(Sc1nnc(C2COc3ccccc3O2)o1)C(=O)N1CCNC1=O. The zero-order chi connectivity index (χ0) is 18.1. The molecule has 3 heterocycles. The third-order valence-corrected chi connectivity index (χ3v) is 4.88. The van der Waals surface area contributed by atoms with E-state index in [0.29, 0.717) is 24.6 Å². The van der Waals surface area contributed by atoms with Crippen molar-refractivity contribution in [2.75, 3.05) is 19.7 Å². The number of ether oxygens (including phenoxy) is 2. The van der Waals surface area contributed by atoms with Gasteiger partial charge in [0.2, 0.25) is 12.0 Å². The van der Waals surface area contributed by atoms with Gasteiger partial charge >= 0.3 is 6.03 Å². The molecule has 1 N–H and O–H groups in total. The lowest BCUT2D eigenvalue weighted by Gasteiger charge is -2.23. The minimum atomic E-state index is -0.531. The number of nitrogens with one attached hydrogen (secondary N) is 1. The van der Waals surface area contributed by atoms with Crippen molar-refractivity contribution in [1.29, 1.82) is 0 Å². The highest BCUT2D eigenvalue weighted by molar-refractivity contribution is 8.00. The number of para-hydroxylation sites is 2. The summed E-state index contributed by atoms with van der Waals surface area (Å²) in [6, 6.07) is 6.96. The second-order valence-electron chi connectivity index (χ2n) is 5.75. The van der Waals surface area contributed by atoms with E-state index in [1.165, 1.54) is 4.90 Å². The van der Waals surface area contributed by atoms with Gasteiger partial charge in [0.1, 0.15) is 6.61 Å². The Labute approximate surface area is 153 Å². The fourth-order valence-corrected chi connectivity index (χ4v) is 3.39. The number of carbonyl (C=O) groups excluding carboxylic acids is 2. The number of hydrogen-bond acceptors (Lipinski definition) is 8. The number of nitrogens with zero attached hydrogens (tertiary/aromatic N) is 3. The normalized spacial score (nSPS) is 20.0. The van der Waals surface area contributed by atoms with Crippen molar-refractivity contribution in [1.82, 2.24) is 20.4 Å². The van der Waals surface area contributed by atoms with Gasteiger partial charge in [-0.25, -0.2) is 4.79 Å². The quantitative estimate of drug-likeness (QED) is 0.802. The molecule has 136 valence electrons. The second-order valence-corrected chi connectivity index (χ2v) is 7.04. The number of hydrogen-bond donors (Lipinski definition) is 1. The zero-order valence-corrected chi connectivity index (χ0v) is 14.7. The van der Waals surface area contributed by atoms with Crippen LogP contribution in [0.2, 0.25) is 0 Å². The van der Waals surface area contributed by atoms with Gasteiger partial charge in [-0.3, -0.25) is 9.69 Å². The number of urea groups is 1. The van der Waals surface area contributed by atoms with Crippen LogP contribution >= 0.6 is 11.8 Å². The molecular formula is C16H16N4O5S. The van der Waals surface area contributed by atoms with Crippen LogP contribution in [0.4, 0.5) is 4.79 Å². The molecule has 0 spiro atoms. The Balaban J connectivity index is 1.40. The van der Waals surface area contributed by atoms with Crippen LogP contribution in [-0.4, -0.2) is 52.0 Å². The summed E-state index contributed by atoms with van der Waals surface area (Å²) in [6.45, 7) is 2.78. The molecule has 10 heteroatoms. The van der Waals surface area contributed by atoms with Crippen LogP contribution in [-0.2, 0) is 4.79 Å². The highest BCUT2D eigenvalue weighted by Gasteiger charge is 2.32. The van der Waals surface area contributed by atoms with Crippen LogP contribution in [0.25, 0.3) is 0 Å². The molecule has 1 aromatic carbocycles. The average Bonchev–Trinajstić information content (AvgIpc) is 3.29. The Morgan fingerprint density at radius 1 is 1.35 bits per heavy atom. The Morgan fingerprint density at radius 2 is 2.15 bits per heavy atom. The van der Waals surface area contributed by atoms with Crippen molar-refractivity contribution in [3.63, 3.8) is 0 Å². The minimum Gasteiger partial charge on any atom is -0.485 e. The number of carbonyl (C=O) groups is 2. The molecule has 1 aromatic heterocycles. The van der Waals surface area contributed by atoms with Crippen molar-refractivity contribution in [3.05, 3.63) is 30.2 Å². The molecule has 9 nitrogen and oxygen atoms in total. The molecule has 0 bridgehead atoms. The maximum Gasteiger partial charge on any atom is 0.324 e. The molecule has 0 aliphatic carbocycles. The molecule has 2 unspecified atom stereocenters. The lowest BCUT2D eigenvalue weighted by atomic mass is 10.2. The lowest BCUT2D eigenvalue weighted by molar-refractivity contribution is -0.126. The molecule has 1 fully saturated rings. The molecule has 2 aliphatic rings. The van der Waals surface area contributed by atoms with E-state index in [0.717, 1.165) is 11.8 Å². The van der Waals surface area contributed by atoms with Crippen LogP contribution in [0, 0.1) is 0 Å². The van der Waals surface area contributed by atoms with Crippen LogP contribution in [0.15, 0.2) is 33.9 Å². The van der Waals surface area contributed by atoms with Crippen LogP contribution in [0.1, 0.15) is 18.9 Å². The van der Waals surface area contributed by atoms with E-state index in [1.54, 1.807) is 13.0 Å². The standard InChI is InChI=1S/C16H16N4O5S/c1-9(14(21)20-7-6-17-15(20)22)26-16-19-18-13(25-16)12-8-23-10-4-2-3-5-11(10)24-12/h2-5,9,12H,6-8H2,1H3,(H,17,22). The van der Waals surface area contributed by atoms with Crippen molar-refractivity contribution < 1.29 is 23.5 Å². The summed E-state index contributed by atoms with van der Waals surface area (Å²) in [4.78, 5) is 25.1. The topological polar surface area (TPSA) is 107 Å². The van der Waals surface area contributed by atoms with Gasteiger partial charge in [-0.15, -0.1) is 10.2 Å². The fraction of sp³-hybridized carbons (Fsp3) is 0.375. The molecule has 2 aliphatic heterocycles. The van der Waals surface area contributed by atoms with Gasteiger partial charge in [-0.05, 0) is 19.1 Å². The molecule has 0 radical (unpaired) electrons. The second kappa shape index (κ2) is 6.87. The summed E-state index contributed by atoms with van der Waals surface area (Å²) in [5.41, 5.74) is 0. The molecule has 2 aromatic rings. The maximum atomic E-state index is 12.3. The third-order valence-electron chi connectivity index (χ3n) is 3.95. The molecule has 2 atom stereocenters. The summed E-state index contributed by atoms with van der Waals surface area (Å²) in [7, 11) is 0. The van der Waals surface area contributed by atoms with Crippen LogP contribution in [0.5, 0.6) is 11.5 Å². The smallest absolute Gasteiger partial charge is 0.324 e. The van der Waals surface area contributed by atoms with Gasteiger partial charge in [0, 0.05) is 13.1 Å². The van der Waals surface area contributed by atoms with Gasteiger partial charge in [0.15, 0.2) is 11.5 Å². The largest absolute Gasteiger partial charge is 0.485 e. The van der Waals surface area contributed by atoms with Gasteiger partial charge in [0.05, 0.1) is 5.25 Å². The first-order chi connectivity index (χ1) is 12.6. The predicted molar refractivity (Wildman–Crippen MR) is 90.0 cm³/mol. The monoisotopic (exact) mass is 376 g/mol. The fourth-order valence-electron chi connectivity index (χ4n) is 2.64. The number of rotatable bonds is 4. The zero-order valence-electron chi connectivity index (χ0n) is 13.9. The van der Waals surface area contributed by atoms with Gasteiger partial charge in [-0.2, -0.15) is 0 Å². The number of fused-ring (bicyclic) bond motifs is 1. The Bertz CT molecular complexity index is 842. The first kappa shape index (κ1) is 16.7. The molecule has 1 saturated heterocycles. The number of benzene rings is 1. The van der Waals surface area contributed by atoms with Crippen molar-refractivity contribution in [2.24, 2.45) is 0 Å². The first-order valence-corrected chi connectivity index (χ1v) is 8.97. The van der Waals surface area contributed by atoms with E-state index in [-0.39, 0.29) is 29.7 Å².